The molecular weight excluding hydrogens is 453 g/mol. The lowest BCUT2D eigenvalue weighted by atomic mass is 10.1. The van der Waals surface area contributed by atoms with Gasteiger partial charge in [-0.25, -0.2) is 13.8 Å². The smallest absolute Gasteiger partial charge is 0.333 e. The lowest BCUT2D eigenvalue weighted by Crippen LogP contribution is -2.42. The molecule has 3 aromatic rings. The van der Waals surface area contributed by atoms with Gasteiger partial charge >= 0.3 is 11.7 Å². The number of anilines is 1. The van der Waals surface area contributed by atoms with E-state index in [0.29, 0.717) is 5.95 Å². The van der Waals surface area contributed by atoms with Gasteiger partial charge in [0.2, 0.25) is 5.95 Å². The van der Waals surface area contributed by atoms with Gasteiger partial charge in [-0.1, -0.05) is 17.7 Å². The van der Waals surface area contributed by atoms with Crippen LogP contribution < -0.4 is 16.1 Å². The highest BCUT2D eigenvalue weighted by Crippen LogP contribution is 2.27. The number of aromatic nitrogens is 4. The van der Waals surface area contributed by atoms with Crippen molar-refractivity contribution < 1.29 is 13.9 Å². The summed E-state index contributed by atoms with van der Waals surface area (Å²) in [6.07, 6.45) is 3.00. The number of benzene rings is 1. The SMILES string of the molecule is CCn1c(=O)n(CC(=O)OC)c(=O)c2c1nc(N1CCCCC1)n2Cc1c(F)cccc1Cl. The number of carbonyl (C=O) groups is 1. The molecule has 176 valence electrons. The topological polar surface area (TPSA) is 91.4 Å². The number of methoxy groups -OCH3 is 1. The number of ether oxygens (including phenoxy) is 1. The van der Waals surface area contributed by atoms with E-state index in [0.717, 1.165) is 36.9 Å². The molecule has 0 saturated carbocycles. The highest BCUT2D eigenvalue weighted by atomic mass is 35.5. The Morgan fingerprint density at radius 3 is 2.52 bits per heavy atom. The van der Waals surface area contributed by atoms with Crippen LogP contribution in [-0.4, -0.2) is 44.9 Å². The van der Waals surface area contributed by atoms with Crippen LogP contribution in [0.2, 0.25) is 5.02 Å². The van der Waals surface area contributed by atoms with Crippen molar-refractivity contribution in [2.75, 3.05) is 25.1 Å². The number of nitrogens with zero attached hydrogens (tertiary/aromatic N) is 5. The van der Waals surface area contributed by atoms with Crippen molar-refractivity contribution in [2.45, 2.75) is 45.8 Å². The summed E-state index contributed by atoms with van der Waals surface area (Å²) in [5, 5.41) is 0.222. The van der Waals surface area contributed by atoms with Crippen LogP contribution in [0.3, 0.4) is 0 Å². The summed E-state index contributed by atoms with van der Waals surface area (Å²) in [5.74, 6) is -0.762. The van der Waals surface area contributed by atoms with Crippen molar-refractivity contribution >= 4 is 34.7 Å². The van der Waals surface area contributed by atoms with E-state index in [2.05, 4.69) is 9.72 Å². The molecule has 0 aliphatic carbocycles. The predicted molar refractivity (Wildman–Crippen MR) is 123 cm³/mol. The molecule has 0 atom stereocenters. The average molecular weight is 478 g/mol. The van der Waals surface area contributed by atoms with E-state index < -0.39 is 29.6 Å². The van der Waals surface area contributed by atoms with Crippen molar-refractivity contribution in [1.29, 1.82) is 0 Å². The Labute approximate surface area is 194 Å². The minimum atomic E-state index is -0.726. The van der Waals surface area contributed by atoms with Crippen LogP contribution in [0.25, 0.3) is 11.2 Å². The monoisotopic (exact) mass is 477 g/mol. The van der Waals surface area contributed by atoms with Gasteiger partial charge in [0.25, 0.3) is 5.56 Å². The molecule has 0 amide bonds. The second kappa shape index (κ2) is 9.38. The van der Waals surface area contributed by atoms with Crippen LogP contribution in [0, 0.1) is 5.82 Å². The molecule has 1 aliphatic heterocycles. The molecule has 0 radical (unpaired) electrons. The van der Waals surface area contributed by atoms with Crippen molar-refractivity contribution in [3.05, 3.63) is 55.4 Å². The molecule has 0 bridgehead atoms. The first kappa shape index (κ1) is 23.0. The van der Waals surface area contributed by atoms with Crippen molar-refractivity contribution in [3.8, 4) is 0 Å². The number of fused-ring (bicyclic) bond motifs is 1. The molecule has 0 spiro atoms. The number of imidazole rings is 1. The summed E-state index contributed by atoms with van der Waals surface area (Å²) in [6, 6.07) is 4.40. The minimum absolute atomic E-state index is 0.0524. The van der Waals surface area contributed by atoms with Gasteiger partial charge in [-0.2, -0.15) is 4.98 Å². The molecule has 1 aliphatic rings. The lowest BCUT2D eigenvalue weighted by molar-refractivity contribution is -0.141. The second-order valence-corrected chi connectivity index (χ2v) is 8.32. The molecule has 2 aromatic heterocycles. The van der Waals surface area contributed by atoms with Crippen LogP contribution in [0.1, 0.15) is 31.7 Å². The third-order valence-electron chi connectivity index (χ3n) is 5.94. The number of piperidine rings is 1. The molecule has 1 fully saturated rings. The van der Waals surface area contributed by atoms with Gasteiger partial charge in [0, 0.05) is 30.2 Å². The normalized spacial score (nSPS) is 14.1. The summed E-state index contributed by atoms with van der Waals surface area (Å²) in [7, 11) is 1.18. The van der Waals surface area contributed by atoms with E-state index >= 15 is 0 Å². The number of carbonyl (C=O) groups excluding carboxylic acids is 1. The molecule has 1 saturated heterocycles. The van der Waals surface area contributed by atoms with Gasteiger partial charge in [0.05, 0.1) is 13.7 Å². The Morgan fingerprint density at radius 2 is 1.88 bits per heavy atom. The maximum Gasteiger partial charge on any atom is 0.333 e. The van der Waals surface area contributed by atoms with Gasteiger partial charge in [0.1, 0.15) is 12.4 Å². The zero-order chi connectivity index (χ0) is 23.7. The third-order valence-corrected chi connectivity index (χ3v) is 6.30. The van der Waals surface area contributed by atoms with Crippen LogP contribution in [-0.2, 0) is 29.2 Å². The van der Waals surface area contributed by atoms with Crippen molar-refractivity contribution in [2.24, 2.45) is 0 Å². The summed E-state index contributed by atoms with van der Waals surface area (Å²) >= 11 is 6.29. The van der Waals surface area contributed by atoms with Crippen LogP contribution in [0.15, 0.2) is 27.8 Å². The lowest BCUT2D eigenvalue weighted by Gasteiger charge is -2.28. The Bertz CT molecular complexity index is 1300. The zero-order valence-electron chi connectivity index (χ0n) is 18.5. The Balaban J connectivity index is 2.03. The first-order chi connectivity index (χ1) is 15.9. The Hall–Kier alpha value is -3.14. The van der Waals surface area contributed by atoms with E-state index in [4.69, 9.17) is 11.6 Å². The number of hydrogen-bond acceptors (Lipinski definition) is 6. The second-order valence-electron chi connectivity index (χ2n) is 7.91. The molecule has 33 heavy (non-hydrogen) atoms. The number of aryl methyl sites for hydroxylation is 1. The van der Waals surface area contributed by atoms with Gasteiger partial charge in [-0.3, -0.25) is 18.7 Å². The largest absolute Gasteiger partial charge is 0.468 e. The van der Waals surface area contributed by atoms with E-state index in [1.807, 2.05) is 4.90 Å². The zero-order valence-corrected chi connectivity index (χ0v) is 19.3. The van der Waals surface area contributed by atoms with Crippen molar-refractivity contribution in [1.82, 2.24) is 18.7 Å². The van der Waals surface area contributed by atoms with Crippen molar-refractivity contribution in [3.63, 3.8) is 0 Å². The molecule has 1 aromatic carbocycles. The molecule has 11 heteroatoms. The summed E-state index contributed by atoms with van der Waals surface area (Å²) in [6.45, 7) is 2.84. The summed E-state index contributed by atoms with van der Waals surface area (Å²) < 4.78 is 23.1. The standard InChI is InChI=1S/C22H25ClFN5O4/c1-3-27-19-18(20(31)29(22(27)32)13-17(30)33-2)28(12-14-15(23)8-7-9-16(14)24)21(25-19)26-10-5-4-6-11-26/h7-9H,3-6,10-13H2,1-2H3. The Morgan fingerprint density at radius 1 is 1.15 bits per heavy atom. The highest BCUT2D eigenvalue weighted by Gasteiger charge is 2.26. The molecule has 0 unspecified atom stereocenters. The van der Waals surface area contributed by atoms with Gasteiger partial charge < -0.3 is 9.64 Å². The molecular formula is C22H25ClFN5O4. The predicted octanol–water partition coefficient (Wildman–Crippen LogP) is 2.38. The number of hydrogen-bond donors (Lipinski definition) is 0. The summed E-state index contributed by atoms with van der Waals surface area (Å²) in [5.41, 5.74) is -0.820. The minimum Gasteiger partial charge on any atom is -0.468 e. The fourth-order valence-electron chi connectivity index (χ4n) is 4.22. The van der Waals surface area contributed by atoms with Gasteiger partial charge in [-0.15, -0.1) is 0 Å². The number of rotatable bonds is 6. The number of halogens is 2. The van der Waals surface area contributed by atoms with Crippen LogP contribution in [0.4, 0.5) is 10.3 Å². The maximum atomic E-state index is 14.7. The van der Waals surface area contributed by atoms with E-state index in [9.17, 15) is 18.8 Å². The third kappa shape index (κ3) is 4.15. The molecule has 4 rings (SSSR count). The highest BCUT2D eigenvalue weighted by molar-refractivity contribution is 6.31. The van der Waals surface area contributed by atoms with E-state index in [1.165, 1.54) is 23.8 Å². The van der Waals surface area contributed by atoms with E-state index in [1.54, 1.807) is 17.6 Å². The quantitative estimate of drug-likeness (QED) is 0.506. The molecule has 3 heterocycles. The first-order valence-electron chi connectivity index (χ1n) is 10.9. The maximum absolute atomic E-state index is 14.7. The van der Waals surface area contributed by atoms with E-state index in [-0.39, 0.29) is 34.8 Å². The fourth-order valence-corrected chi connectivity index (χ4v) is 4.45. The average Bonchev–Trinajstić information content (AvgIpc) is 3.19. The Kier molecular flexibility index (Phi) is 6.55. The van der Waals surface area contributed by atoms with Gasteiger partial charge in [0.15, 0.2) is 11.2 Å². The summed E-state index contributed by atoms with van der Waals surface area (Å²) in [4.78, 5) is 45.1. The van der Waals surface area contributed by atoms with Crippen LogP contribution >= 0.6 is 11.6 Å². The fraction of sp³-hybridized carbons (Fsp3) is 0.455. The van der Waals surface area contributed by atoms with Crippen LogP contribution in [0.5, 0.6) is 0 Å². The first-order valence-corrected chi connectivity index (χ1v) is 11.2. The molecule has 0 N–H and O–H groups in total. The number of esters is 1. The van der Waals surface area contributed by atoms with Gasteiger partial charge in [-0.05, 0) is 38.3 Å². The molecule has 9 nitrogen and oxygen atoms in total.